The third kappa shape index (κ3) is 3.75. The number of hydrogen-bond acceptors (Lipinski definition) is 3. The molecule has 19 heavy (non-hydrogen) atoms. The van der Waals surface area contributed by atoms with Gasteiger partial charge in [0.15, 0.2) is 11.6 Å². The molecule has 3 nitrogen and oxygen atoms in total. The molecule has 0 atom stereocenters. The molecule has 1 aromatic carbocycles. The first-order valence-corrected chi connectivity index (χ1v) is 6.77. The average molecular weight is 325 g/mol. The zero-order valence-electron chi connectivity index (χ0n) is 10.5. The van der Waals surface area contributed by atoms with Crippen LogP contribution in [-0.2, 0) is 6.54 Å². The summed E-state index contributed by atoms with van der Waals surface area (Å²) in [6, 6.07) is 8.30. The number of aromatic nitrogens is 1. The Morgan fingerprint density at radius 1 is 1.37 bits per heavy atom. The smallest absolute Gasteiger partial charge is 0.223 e. The Hall–Kier alpha value is -1.46. The van der Waals surface area contributed by atoms with E-state index in [-0.39, 0.29) is 5.75 Å². The summed E-state index contributed by atoms with van der Waals surface area (Å²) in [6.07, 6.45) is 1.63. The number of ether oxygens (including phenoxy) is 1. The van der Waals surface area contributed by atoms with Gasteiger partial charge in [0.2, 0.25) is 5.88 Å². The van der Waals surface area contributed by atoms with Crippen LogP contribution in [0.5, 0.6) is 11.6 Å². The SMILES string of the molecule is CCNCc1cccnc1Oc1cc(Br)ccc1F. The van der Waals surface area contributed by atoms with E-state index in [1.54, 1.807) is 18.3 Å². The van der Waals surface area contributed by atoms with Crippen LogP contribution >= 0.6 is 15.9 Å². The van der Waals surface area contributed by atoms with E-state index in [1.807, 2.05) is 19.1 Å². The van der Waals surface area contributed by atoms with Gasteiger partial charge in [0.1, 0.15) is 0 Å². The van der Waals surface area contributed by atoms with Crippen LogP contribution in [-0.4, -0.2) is 11.5 Å². The van der Waals surface area contributed by atoms with Crippen molar-refractivity contribution in [2.24, 2.45) is 0 Å². The van der Waals surface area contributed by atoms with Crippen molar-refractivity contribution < 1.29 is 9.13 Å². The largest absolute Gasteiger partial charge is 0.436 e. The van der Waals surface area contributed by atoms with Crippen molar-refractivity contribution in [2.75, 3.05) is 6.54 Å². The van der Waals surface area contributed by atoms with Gasteiger partial charge in [0.25, 0.3) is 0 Å². The van der Waals surface area contributed by atoms with Gasteiger partial charge in [-0.2, -0.15) is 0 Å². The Balaban J connectivity index is 2.25. The lowest BCUT2D eigenvalue weighted by molar-refractivity contribution is 0.420. The molecule has 0 radical (unpaired) electrons. The molecule has 5 heteroatoms. The summed E-state index contributed by atoms with van der Waals surface area (Å²) in [4.78, 5) is 4.15. The quantitative estimate of drug-likeness (QED) is 0.906. The summed E-state index contributed by atoms with van der Waals surface area (Å²) in [5.41, 5.74) is 0.892. The molecule has 0 saturated heterocycles. The minimum atomic E-state index is -0.414. The van der Waals surface area contributed by atoms with Crippen molar-refractivity contribution >= 4 is 15.9 Å². The molecule has 0 saturated carbocycles. The Morgan fingerprint density at radius 2 is 2.21 bits per heavy atom. The standard InChI is InChI=1S/C14H14BrFN2O/c1-2-17-9-10-4-3-7-18-14(10)19-13-8-11(15)5-6-12(13)16/h3-8,17H,2,9H2,1H3. The zero-order valence-corrected chi connectivity index (χ0v) is 12.1. The van der Waals surface area contributed by atoms with Crippen molar-refractivity contribution in [1.29, 1.82) is 0 Å². The van der Waals surface area contributed by atoms with Gasteiger partial charge in [-0.1, -0.05) is 28.9 Å². The maximum absolute atomic E-state index is 13.6. The Kier molecular flexibility index (Phi) is 4.87. The van der Waals surface area contributed by atoms with Gasteiger partial charge in [-0.3, -0.25) is 0 Å². The first-order valence-electron chi connectivity index (χ1n) is 5.98. The molecule has 0 fully saturated rings. The number of nitrogens with one attached hydrogen (secondary N) is 1. The van der Waals surface area contributed by atoms with E-state index in [0.29, 0.717) is 12.4 Å². The van der Waals surface area contributed by atoms with E-state index >= 15 is 0 Å². The minimum absolute atomic E-state index is 0.158. The molecule has 2 rings (SSSR count). The number of pyridine rings is 1. The fourth-order valence-electron chi connectivity index (χ4n) is 1.57. The minimum Gasteiger partial charge on any atom is -0.436 e. The van der Waals surface area contributed by atoms with E-state index in [2.05, 4.69) is 26.2 Å². The van der Waals surface area contributed by atoms with Gasteiger partial charge in [-0.15, -0.1) is 0 Å². The molecular formula is C14H14BrFN2O. The highest BCUT2D eigenvalue weighted by molar-refractivity contribution is 9.10. The van der Waals surface area contributed by atoms with Crippen molar-refractivity contribution in [1.82, 2.24) is 10.3 Å². The van der Waals surface area contributed by atoms with E-state index in [9.17, 15) is 4.39 Å². The van der Waals surface area contributed by atoms with Crippen LogP contribution in [0, 0.1) is 5.82 Å². The third-order valence-electron chi connectivity index (χ3n) is 2.52. The van der Waals surface area contributed by atoms with E-state index in [0.717, 1.165) is 16.6 Å². The van der Waals surface area contributed by atoms with Crippen LogP contribution in [0.25, 0.3) is 0 Å². The number of benzene rings is 1. The Bertz CT molecular complexity index is 563. The summed E-state index contributed by atoms with van der Waals surface area (Å²) in [5.74, 6) is 0.162. The fourth-order valence-corrected chi connectivity index (χ4v) is 1.91. The molecular weight excluding hydrogens is 311 g/mol. The lowest BCUT2D eigenvalue weighted by atomic mass is 10.2. The predicted molar refractivity (Wildman–Crippen MR) is 75.8 cm³/mol. The normalized spacial score (nSPS) is 10.5. The predicted octanol–water partition coefficient (Wildman–Crippen LogP) is 3.89. The highest BCUT2D eigenvalue weighted by Gasteiger charge is 2.09. The highest BCUT2D eigenvalue weighted by atomic mass is 79.9. The molecule has 0 aliphatic rings. The molecule has 100 valence electrons. The van der Waals surface area contributed by atoms with Crippen LogP contribution in [0.15, 0.2) is 41.0 Å². The molecule has 0 aliphatic carbocycles. The Morgan fingerprint density at radius 3 is 3.00 bits per heavy atom. The van der Waals surface area contributed by atoms with Gasteiger partial charge in [-0.05, 0) is 30.8 Å². The topological polar surface area (TPSA) is 34.2 Å². The van der Waals surface area contributed by atoms with Gasteiger partial charge in [0.05, 0.1) is 0 Å². The lowest BCUT2D eigenvalue weighted by Gasteiger charge is -2.10. The average Bonchev–Trinajstić information content (AvgIpc) is 2.42. The molecule has 0 spiro atoms. The molecule has 1 aromatic heterocycles. The third-order valence-corrected chi connectivity index (χ3v) is 3.01. The van der Waals surface area contributed by atoms with E-state index in [4.69, 9.17) is 4.74 Å². The van der Waals surface area contributed by atoms with Crippen LogP contribution in [0.3, 0.4) is 0 Å². The van der Waals surface area contributed by atoms with Crippen LogP contribution in [0.2, 0.25) is 0 Å². The number of rotatable bonds is 5. The van der Waals surface area contributed by atoms with Gasteiger partial charge in [0, 0.05) is 22.8 Å². The van der Waals surface area contributed by atoms with Gasteiger partial charge < -0.3 is 10.1 Å². The van der Waals surface area contributed by atoms with E-state index < -0.39 is 5.82 Å². The second-order valence-electron chi connectivity index (χ2n) is 3.92. The van der Waals surface area contributed by atoms with Crippen LogP contribution in [0.1, 0.15) is 12.5 Å². The summed E-state index contributed by atoms with van der Waals surface area (Å²) < 4.78 is 20.0. The first-order chi connectivity index (χ1) is 9.20. The van der Waals surface area contributed by atoms with Crippen molar-refractivity contribution in [3.63, 3.8) is 0 Å². The van der Waals surface area contributed by atoms with E-state index in [1.165, 1.54) is 6.07 Å². The second kappa shape index (κ2) is 6.63. The molecule has 1 heterocycles. The number of halogens is 2. The van der Waals surface area contributed by atoms with Crippen molar-refractivity contribution in [3.05, 3.63) is 52.4 Å². The van der Waals surface area contributed by atoms with Crippen molar-refractivity contribution in [3.8, 4) is 11.6 Å². The molecule has 0 unspecified atom stereocenters. The second-order valence-corrected chi connectivity index (χ2v) is 4.84. The number of nitrogens with zero attached hydrogens (tertiary/aromatic N) is 1. The summed E-state index contributed by atoms with van der Waals surface area (Å²) >= 11 is 3.29. The molecule has 0 aliphatic heterocycles. The summed E-state index contributed by atoms with van der Waals surface area (Å²) in [5, 5.41) is 3.19. The Labute approximate surface area is 119 Å². The molecule has 2 aromatic rings. The maximum Gasteiger partial charge on any atom is 0.223 e. The zero-order chi connectivity index (χ0) is 13.7. The van der Waals surface area contributed by atoms with Gasteiger partial charge >= 0.3 is 0 Å². The van der Waals surface area contributed by atoms with Crippen molar-refractivity contribution in [2.45, 2.75) is 13.5 Å². The molecule has 0 bridgehead atoms. The summed E-state index contributed by atoms with van der Waals surface area (Å²) in [7, 11) is 0. The first kappa shape index (κ1) is 14.0. The van der Waals surface area contributed by atoms with Gasteiger partial charge in [-0.25, -0.2) is 9.37 Å². The highest BCUT2D eigenvalue weighted by Crippen LogP contribution is 2.28. The van der Waals surface area contributed by atoms with Crippen LogP contribution in [0.4, 0.5) is 4.39 Å². The molecule has 1 N–H and O–H groups in total. The van der Waals surface area contributed by atoms with Crippen LogP contribution < -0.4 is 10.1 Å². The summed E-state index contributed by atoms with van der Waals surface area (Å²) in [6.45, 7) is 3.50. The number of hydrogen-bond donors (Lipinski definition) is 1. The molecule has 0 amide bonds. The monoisotopic (exact) mass is 324 g/mol. The fraction of sp³-hybridized carbons (Fsp3) is 0.214. The maximum atomic E-state index is 13.6. The lowest BCUT2D eigenvalue weighted by Crippen LogP contribution is -2.12.